The lowest BCUT2D eigenvalue weighted by Gasteiger charge is -2.28. The second-order valence-corrected chi connectivity index (χ2v) is 5.85. The quantitative estimate of drug-likeness (QED) is 0.379. The molecule has 2 heterocycles. The maximum absolute atomic E-state index is 12.3. The van der Waals surface area contributed by atoms with E-state index in [-0.39, 0.29) is 0 Å². The van der Waals surface area contributed by atoms with E-state index < -0.39 is 36.6 Å². The smallest absolute Gasteiger partial charge is 0.332 e. The molecule has 2 aromatic heterocycles. The Morgan fingerprint density at radius 3 is 2.33 bits per heavy atom. The lowest BCUT2D eigenvalue weighted by atomic mass is 10.0. The molecule has 0 aliphatic heterocycles. The summed E-state index contributed by atoms with van der Waals surface area (Å²) in [6.07, 6.45) is 2.07. The number of hydrogen-bond donors (Lipinski definition) is 4. The average Bonchev–Trinajstić information content (AvgIpc) is 3.03. The number of nitrogens with one attached hydrogen (secondary N) is 1. The third-order valence-electron chi connectivity index (χ3n) is 4.20. The minimum absolute atomic E-state index is 0.325. The summed E-state index contributed by atoms with van der Waals surface area (Å²) in [5, 5.41) is 30.7. The Kier molecular flexibility index (Phi) is 5.54. The molecule has 2 aromatic rings. The normalized spacial score (nSPS) is 12.2. The Morgan fingerprint density at radius 2 is 1.75 bits per heavy atom. The zero-order chi connectivity index (χ0) is 17.9. The van der Waals surface area contributed by atoms with Crippen LogP contribution < -0.4 is 16.6 Å². The number of nitrogens with zero attached hydrogens (tertiary/aromatic N) is 4. The van der Waals surface area contributed by atoms with Crippen molar-refractivity contribution in [3.8, 4) is 0 Å². The molecule has 10 nitrogen and oxygen atoms in total. The van der Waals surface area contributed by atoms with Gasteiger partial charge < -0.3 is 25.2 Å². The van der Waals surface area contributed by atoms with Gasteiger partial charge in [0, 0.05) is 20.6 Å². The van der Waals surface area contributed by atoms with E-state index in [2.05, 4.69) is 10.3 Å². The highest BCUT2D eigenvalue weighted by atomic mass is 16.3. The van der Waals surface area contributed by atoms with Crippen LogP contribution in [0.1, 0.15) is 6.42 Å². The van der Waals surface area contributed by atoms with Gasteiger partial charge in [-0.25, -0.2) is 9.78 Å². The molecule has 0 aliphatic rings. The first kappa shape index (κ1) is 18.3. The lowest BCUT2D eigenvalue weighted by Crippen LogP contribution is -2.55. The Morgan fingerprint density at radius 1 is 1.12 bits per heavy atom. The molecule has 0 atom stereocenters. The number of fused-ring (bicyclic) bond motifs is 1. The van der Waals surface area contributed by atoms with Gasteiger partial charge in [0.1, 0.15) is 0 Å². The summed E-state index contributed by atoms with van der Waals surface area (Å²) in [5.74, 6) is 0. The molecule has 0 amide bonds. The largest absolute Gasteiger partial charge is 0.394 e. The van der Waals surface area contributed by atoms with Gasteiger partial charge in [-0.1, -0.05) is 0 Å². The highest BCUT2D eigenvalue weighted by Crippen LogP contribution is 2.07. The summed E-state index contributed by atoms with van der Waals surface area (Å²) in [6.45, 7) is -0.313. The predicted molar refractivity (Wildman–Crippen MR) is 86.8 cm³/mol. The summed E-state index contributed by atoms with van der Waals surface area (Å²) >= 11 is 0. The maximum atomic E-state index is 12.3. The van der Waals surface area contributed by atoms with Crippen molar-refractivity contribution in [1.29, 1.82) is 0 Å². The van der Waals surface area contributed by atoms with E-state index in [0.717, 1.165) is 4.57 Å². The Bertz CT molecular complexity index is 809. The summed E-state index contributed by atoms with van der Waals surface area (Å²) in [6, 6.07) is 0. The van der Waals surface area contributed by atoms with Gasteiger partial charge >= 0.3 is 5.69 Å². The molecule has 0 unspecified atom stereocenters. The first-order valence-electron chi connectivity index (χ1n) is 7.59. The number of imidazole rings is 1. The van der Waals surface area contributed by atoms with Crippen LogP contribution in [0.3, 0.4) is 0 Å². The number of rotatable bonds is 8. The minimum atomic E-state index is -1.13. The maximum Gasteiger partial charge on any atom is 0.332 e. The lowest BCUT2D eigenvalue weighted by molar-refractivity contribution is 0.0425. The Hall–Kier alpha value is -2.01. The zero-order valence-corrected chi connectivity index (χ0v) is 13.8. The number of aliphatic hydroxyl groups is 3. The van der Waals surface area contributed by atoms with E-state index in [4.69, 9.17) is 0 Å². The second kappa shape index (κ2) is 7.26. The van der Waals surface area contributed by atoms with Crippen molar-refractivity contribution >= 4 is 11.2 Å². The molecule has 10 heteroatoms. The number of aliphatic hydroxyl groups excluding tert-OH is 3. The first-order chi connectivity index (χ1) is 11.4. The van der Waals surface area contributed by atoms with Gasteiger partial charge in [0.15, 0.2) is 11.2 Å². The zero-order valence-electron chi connectivity index (χ0n) is 13.8. The van der Waals surface area contributed by atoms with Crippen LogP contribution in [-0.4, -0.2) is 65.9 Å². The summed E-state index contributed by atoms with van der Waals surface area (Å²) in [7, 11) is 2.97. The molecule has 0 bridgehead atoms. The average molecular weight is 341 g/mol. The predicted octanol–water partition coefficient (Wildman–Crippen LogP) is -2.87. The molecule has 0 aromatic carbocycles. The topological polar surface area (TPSA) is 135 Å². The second-order valence-electron chi connectivity index (χ2n) is 5.85. The van der Waals surface area contributed by atoms with Crippen molar-refractivity contribution in [3.63, 3.8) is 0 Å². The summed E-state index contributed by atoms with van der Waals surface area (Å²) in [4.78, 5) is 28.3. The molecule has 134 valence electrons. The van der Waals surface area contributed by atoms with Gasteiger partial charge in [0.05, 0.1) is 31.7 Å². The molecule has 0 radical (unpaired) electrons. The van der Waals surface area contributed by atoms with Crippen LogP contribution >= 0.6 is 0 Å². The van der Waals surface area contributed by atoms with Crippen LogP contribution in [0.2, 0.25) is 0 Å². The van der Waals surface area contributed by atoms with E-state index in [1.807, 2.05) is 0 Å². The Labute approximate surface area is 137 Å². The van der Waals surface area contributed by atoms with Crippen molar-refractivity contribution < 1.29 is 15.3 Å². The van der Waals surface area contributed by atoms with Gasteiger partial charge in [-0.15, -0.1) is 0 Å². The molecule has 0 fully saturated rings. The van der Waals surface area contributed by atoms with E-state index >= 15 is 0 Å². The number of aryl methyl sites for hydroxylation is 2. The van der Waals surface area contributed by atoms with Crippen molar-refractivity contribution in [2.75, 3.05) is 26.4 Å². The molecule has 0 saturated carbocycles. The monoisotopic (exact) mass is 341 g/mol. The SMILES string of the molecule is Cn1c(=O)c2c(ncn2CCCNC(CO)(CO)CO)n(C)c1=O. The van der Waals surface area contributed by atoms with Crippen LogP contribution in [0.5, 0.6) is 0 Å². The number of hydrogen-bond acceptors (Lipinski definition) is 7. The highest BCUT2D eigenvalue weighted by Gasteiger charge is 2.26. The molecule has 0 saturated heterocycles. The van der Waals surface area contributed by atoms with Gasteiger partial charge in [-0.3, -0.25) is 13.9 Å². The molecular formula is C14H23N5O5. The van der Waals surface area contributed by atoms with Crippen molar-refractivity contribution in [3.05, 3.63) is 27.2 Å². The third-order valence-corrected chi connectivity index (χ3v) is 4.20. The van der Waals surface area contributed by atoms with Crippen LogP contribution in [-0.2, 0) is 20.6 Å². The highest BCUT2D eigenvalue weighted by molar-refractivity contribution is 5.69. The summed E-state index contributed by atoms with van der Waals surface area (Å²) in [5.41, 5.74) is -1.30. The fraction of sp³-hybridized carbons (Fsp3) is 0.643. The fourth-order valence-electron chi connectivity index (χ4n) is 2.49. The molecule has 24 heavy (non-hydrogen) atoms. The van der Waals surface area contributed by atoms with Gasteiger partial charge in [-0.2, -0.15) is 0 Å². The minimum Gasteiger partial charge on any atom is -0.394 e. The Balaban J connectivity index is 2.15. The van der Waals surface area contributed by atoms with E-state index in [1.165, 1.54) is 17.9 Å². The van der Waals surface area contributed by atoms with Crippen LogP contribution in [0.4, 0.5) is 0 Å². The summed E-state index contributed by atoms with van der Waals surface area (Å²) < 4.78 is 4.02. The fourth-order valence-corrected chi connectivity index (χ4v) is 2.49. The van der Waals surface area contributed by atoms with Crippen molar-refractivity contribution in [2.45, 2.75) is 18.5 Å². The number of aromatic nitrogens is 4. The molecular weight excluding hydrogens is 318 g/mol. The van der Waals surface area contributed by atoms with Crippen LogP contribution in [0.15, 0.2) is 15.9 Å². The van der Waals surface area contributed by atoms with Crippen LogP contribution in [0.25, 0.3) is 11.2 Å². The van der Waals surface area contributed by atoms with E-state index in [9.17, 15) is 24.9 Å². The van der Waals surface area contributed by atoms with Crippen LogP contribution in [0, 0.1) is 0 Å². The molecule has 0 spiro atoms. The van der Waals surface area contributed by atoms with Crippen molar-refractivity contribution in [1.82, 2.24) is 24.0 Å². The van der Waals surface area contributed by atoms with Gasteiger partial charge in [0.25, 0.3) is 5.56 Å². The standard InChI is InChI=1S/C14H23N5O5/c1-17-11-10(12(23)18(2)13(17)24)19(9-15-11)5-3-4-16-14(6-20,7-21)8-22/h9,16,20-22H,3-8H2,1-2H3. The van der Waals surface area contributed by atoms with E-state index in [1.54, 1.807) is 11.6 Å². The third kappa shape index (κ3) is 3.13. The molecule has 4 N–H and O–H groups in total. The van der Waals surface area contributed by atoms with E-state index in [0.29, 0.717) is 30.7 Å². The first-order valence-corrected chi connectivity index (χ1v) is 7.59. The van der Waals surface area contributed by atoms with Crippen molar-refractivity contribution in [2.24, 2.45) is 14.1 Å². The molecule has 2 rings (SSSR count). The van der Waals surface area contributed by atoms with Gasteiger partial charge in [-0.05, 0) is 13.0 Å². The molecule has 0 aliphatic carbocycles. The van der Waals surface area contributed by atoms with Gasteiger partial charge in [0.2, 0.25) is 0 Å².